The third-order valence-corrected chi connectivity index (χ3v) is 7.28. The predicted octanol–water partition coefficient (Wildman–Crippen LogP) is 4.16. The minimum atomic E-state index is -3.34. The van der Waals surface area contributed by atoms with Crippen LogP contribution in [-0.4, -0.2) is 35.4 Å². The van der Waals surface area contributed by atoms with Crippen molar-refractivity contribution in [1.82, 2.24) is 13.9 Å². The first kappa shape index (κ1) is 19.2. The third kappa shape index (κ3) is 3.84. The fourth-order valence-electron chi connectivity index (χ4n) is 4.15. The summed E-state index contributed by atoms with van der Waals surface area (Å²) in [5, 5.41) is 0. The van der Waals surface area contributed by atoms with Crippen LogP contribution >= 0.6 is 0 Å². The van der Waals surface area contributed by atoms with Crippen molar-refractivity contribution in [3.05, 3.63) is 66.0 Å². The average molecular weight is 398 g/mol. The highest BCUT2D eigenvalue weighted by Gasteiger charge is 2.32. The number of sulfonamides is 1. The van der Waals surface area contributed by atoms with Crippen molar-refractivity contribution >= 4 is 21.1 Å². The molecule has 2 aromatic carbocycles. The lowest BCUT2D eigenvalue weighted by Crippen LogP contribution is -2.40. The molecule has 1 saturated heterocycles. The largest absolute Gasteiger partial charge is 0.328 e. The molecule has 148 valence electrons. The number of piperidine rings is 1. The molecule has 1 aliphatic heterocycles. The lowest BCUT2D eigenvalue weighted by atomic mass is 9.99. The molecule has 0 amide bonds. The highest BCUT2D eigenvalue weighted by molar-refractivity contribution is 7.88. The summed E-state index contributed by atoms with van der Waals surface area (Å²) in [4.78, 5) is 4.90. The molecule has 1 atom stereocenters. The zero-order chi connectivity index (χ0) is 19.6. The van der Waals surface area contributed by atoms with Gasteiger partial charge in [-0.3, -0.25) is 0 Å². The van der Waals surface area contributed by atoms with Crippen LogP contribution in [0, 0.1) is 0 Å². The van der Waals surface area contributed by atoms with Crippen LogP contribution in [0.3, 0.4) is 0 Å². The van der Waals surface area contributed by atoms with Gasteiger partial charge in [0.25, 0.3) is 0 Å². The Balaban J connectivity index is 1.60. The molecule has 3 aromatic rings. The molecule has 0 N–H and O–H groups in total. The molecule has 0 bridgehead atoms. The lowest BCUT2D eigenvalue weighted by molar-refractivity contribution is 0.305. The molecule has 0 aliphatic carbocycles. The molecule has 1 aliphatic rings. The molecule has 5 nitrogen and oxygen atoms in total. The first-order chi connectivity index (χ1) is 13.6. The number of aromatic nitrogens is 2. The van der Waals surface area contributed by atoms with Gasteiger partial charge in [-0.2, -0.15) is 0 Å². The van der Waals surface area contributed by atoms with E-state index in [9.17, 15) is 8.42 Å². The Kier molecular flexibility index (Phi) is 5.51. The first-order valence-electron chi connectivity index (χ1n) is 10.1. The van der Waals surface area contributed by atoms with Crippen LogP contribution in [0.2, 0.25) is 0 Å². The van der Waals surface area contributed by atoms with Crippen molar-refractivity contribution in [2.24, 2.45) is 0 Å². The SMILES string of the molecule is CCCn1c(C2CCCN(S(=O)(=O)Cc3ccccc3)C2)nc2ccccc21. The standard InChI is InChI=1S/C22H27N3O2S/c1-2-14-25-21-13-7-6-12-20(21)23-22(25)19-11-8-15-24(16-19)28(26,27)17-18-9-4-3-5-10-18/h3-7,9-10,12-13,19H,2,8,11,14-17H2,1H3. The summed E-state index contributed by atoms with van der Waals surface area (Å²) in [6.07, 6.45) is 2.87. The van der Waals surface area contributed by atoms with Crippen molar-refractivity contribution in [2.75, 3.05) is 13.1 Å². The van der Waals surface area contributed by atoms with Crippen molar-refractivity contribution in [2.45, 2.75) is 44.4 Å². The molecule has 6 heteroatoms. The van der Waals surface area contributed by atoms with E-state index in [4.69, 9.17) is 4.98 Å². The molecular formula is C22H27N3O2S. The summed E-state index contributed by atoms with van der Waals surface area (Å²) in [7, 11) is -3.34. The Morgan fingerprint density at radius 1 is 1.07 bits per heavy atom. The van der Waals surface area contributed by atoms with Gasteiger partial charge in [0.15, 0.2) is 0 Å². The van der Waals surface area contributed by atoms with Gasteiger partial charge in [-0.15, -0.1) is 0 Å². The monoisotopic (exact) mass is 397 g/mol. The van der Waals surface area contributed by atoms with Crippen molar-refractivity contribution in [3.63, 3.8) is 0 Å². The van der Waals surface area contributed by atoms with Crippen LogP contribution in [0.5, 0.6) is 0 Å². The lowest BCUT2D eigenvalue weighted by Gasteiger charge is -2.32. The number of hydrogen-bond acceptors (Lipinski definition) is 3. The van der Waals surface area contributed by atoms with E-state index in [1.807, 2.05) is 48.5 Å². The summed E-state index contributed by atoms with van der Waals surface area (Å²) in [5.74, 6) is 1.23. The maximum atomic E-state index is 13.0. The van der Waals surface area contributed by atoms with Gasteiger partial charge in [0.1, 0.15) is 5.82 Å². The van der Waals surface area contributed by atoms with E-state index in [0.29, 0.717) is 13.1 Å². The Hall–Kier alpha value is -2.18. The van der Waals surface area contributed by atoms with E-state index in [2.05, 4.69) is 17.6 Å². The summed E-state index contributed by atoms with van der Waals surface area (Å²) in [5.41, 5.74) is 2.97. The molecule has 1 fully saturated rings. The third-order valence-electron chi connectivity index (χ3n) is 5.47. The number of para-hydroxylation sites is 2. The molecular weight excluding hydrogens is 370 g/mol. The van der Waals surface area contributed by atoms with Gasteiger partial charge in [0.05, 0.1) is 16.8 Å². The maximum Gasteiger partial charge on any atom is 0.218 e. The number of nitrogens with zero attached hydrogens (tertiary/aromatic N) is 3. The predicted molar refractivity (Wildman–Crippen MR) is 113 cm³/mol. The van der Waals surface area contributed by atoms with Crippen LogP contribution in [0.15, 0.2) is 54.6 Å². The summed E-state index contributed by atoms with van der Waals surface area (Å²) < 4.78 is 30.0. The van der Waals surface area contributed by atoms with Crippen LogP contribution in [0.25, 0.3) is 11.0 Å². The Morgan fingerprint density at radius 2 is 1.82 bits per heavy atom. The van der Waals surface area contributed by atoms with E-state index in [1.54, 1.807) is 4.31 Å². The highest BCUT2D eigenvalue weighted by atomic mass is 32.2. The zero-order valence-corrected chi connectivity index (χ0v) is 17.1. The maximum absolute atomic E-state index is 13.0. The van der Waals surface area contributed by atoms with Crippen LogP contribution in [-0.2, 0) is 22.3 Å². The summed E-state index contributed by atoms with van der Waals surface area (Å²) in [6.45, 7) is 4.18. The van der Waals surface area contributed by atoms with Gasteiger partial charge < -0.3 is 4.57 Å². The minimum absolute atomic E-state index is 0.0614. The number of aryl methyl sites for hydroxylation is 1. The molecule has 28 heavy (non-hydrogen) atoms. The van der Waals surface area contributed by atoms with Gasteiger partial charge in [0.2, 0.25) is 10.0 Å². The molecule has 1 aromatic heterocycles. The number of fused-ring (bicyclic) bond motifs is 1. The van der Waals surface area contributed by atoms with Crippen molar-refractivity contribution in [1.29, 1.82) is 0 Å². The highest BCUT2D eigenvalue weighted by Crippen LogP contribution is 2.31. The van der Waals surface area contributed by atoms with E-state index >= 15 is 0 Å². The topological polar surface area (TPSA) is 55.2 Å². The number of imidazole rings is 1. The summed E-state index contributed by atoms with van der Waals surface area (Å²) >= 11 is 0. The van der Waals surface area contributed by atoms with E-state index in [0.717, 1.165) is 48.2 Å². The molecule has 0 saturated carbocycles. The second-order valence-corrected chi connectivity index (χ2v) is 9.52. The van der Waals surface area contributed by atoms with Gasteiger partial charge in [0, 0.05) is 25.6 Å². The molecule has 1 unspecified atom stereocenters. The Bertz CT molecular complexity index is 1040. The second-order valence-electron chi connectivity index (χ2n) is 7.55. The second kappa shape index (κ2) is 8.05. The van der Waals surface area contributed by atoms with Crippen LogP contribution in [0.4, 0.5) is 0 Å². The quantitative estimate of drug-likeness (QED) is 0.628. The number of rotatable bonds is 6. The molecule has 2 heterocycles. The smallest absolute Gasteiger partial charge is 0.218 e. The fourth-order valence-corrected chi connectivity index (χ4v) is 5.76. The van der Waals surface area contributed by atoms with Gasteiger partial charge in [-0.25, -0.2) is 17.7 Å². The van der Waals surface area contributed by atoms with Gasteiger partial charge in [-0.05, 0) is 37.0 Å². The minimum Gasteiger partial charge on any atom is -0.328 e. The van der Waals surface area contributed by atoms with E-state index < -0.39 is 10.0 Å². The van der Waals surface area contributed by atoms with Crippen LogP contribution < -0.4 is 0 Å². The average Bonchev–Trinajstić information content (AvgIpc) is 3.08. The van der Waals surface area contributed by atoms with Crippen molar-refractivity contribution in [3.8, 4) is 0 Å². The molecule has 4 rings (SSSR count). The number of hydrogen-bond donors (Lipinski definition) is 0. The van der Waals surface area contributed by atoms with E-state index in [1.165, 1.54) is 0 Å². The Labute approximate surface area is 167 Å². The molecule has 0 spiro atoms. The number of benzene rings is 2. The van der Waals surface area contributed by atoms with Gasteiger partial charge >= 0.3 is 0 Å². The summed E-state index contributed by atoms with van der Waals surface area (Å²) in [6, 6.07) is 17.6. The van der Waals surface area contributed by atoms with Crippen LogP contribution in [0.1, 0.15) is 43.5 Å². The van der Waals surface area contributed by atoms with E-state index in [-0.39, 0.29) is 11.7 Å². The Morgan fingerprint density at radius 3 is 2.61 bits per heavy atom. The zero-order valence-electron chi connectivity index (χ0n) is 16.3. The van der Waals surface area contributed by atoms with Gasteiger partial charge in [-0.1, -0.05) is 49.4 Å². The fraction of sp³-hybridized carbons (Fsp3) is 0.409. The normalized spacial score (nSPS) is 18.5. The van der Waals surface area contributed by atoms with Crippen molar-refractivity contribution < 1.29 is 8.42 Å². The molecule has 0 radical (unpaired) electrons. The first-order valence-corrected chi connectivity index (χ1v) is 11.7.